The van der Waals surface area contributed by atoms with E-state index >= 15 is 0 Å². The first-order valence-corrected chi connectivity index (χ1v) is 10.3. The number of hydrogen-bond donors (Lipinski definition) is 0. The van der Waals surface area contributed by atoms with E-state index in [1.54, 1.807) is 53.3 Å². The highest BCUT2D eigenvalue weighted by Crippen LogP contribution is 2.31. The van der Waals surface area contributed by atoms with Crippen LogP contribution in [0.4, 0.5) is 0 Å². The molecule has 0 fully saturated rings. The van der Waals surface area contributed by atoms with Gasteiger partial charge in [0.05, 0.1) is 12.8 Å². The number of ether oxygens (including phenoxy) is 1. The highest BCUT2D eigenvalue weighted by molar-refractivity contribution is 8.02. The molecule has 3 aromatic rings. The van der Waals surface area contributed by atoms with Crippen LogP contribution in [0.3, 0.4) is 0 Å². The molecule has 0 amide bonds. The van der Waals surface area contributed by atoms with Gasteiger partial charge in [-0.25, -0.2) is 4.98 Å². The summed E-state index contributed by atoms with van der Waals surface area (Å²) in [6.07, 6.45) is 2.01. The topological polar surface area (TPSA) is 47.9 Å². The largest absolute Gasteiger partial charge is 0.497 e. The van der Waals surface area contributed by atoms with Gasteiger partial charge in [0.25, 0.3) is 0 Å². The Hall–Kier alpha value is -1.09. The molecule has 0 spiro atoms. The summed E-state index contributed by atoms with van der Waals surface area (Å²) in [5.41, 5.74) is 2.18. The van der Waals surface area contributed by atoms with Crippen molar-refractivity contribution in [1.29, 1.82) is 0 Å². The van der Waals surface area contributed by atoms with Crippen molar-refractivity contribution in [3.8, 4) is 16.3 Å². The maximum absolute atomic E-state index is 5.18. The number of aromatic nitrogens is 3. The molecule has 0 unspecified atom stereocenters. The smallest absolute Gasteiger partial charge is 0.175 e. The molecule has 1 aromatic carbocycles. The summed E-state index contributed by atoms with van der Waals surface area (Å²) in [7, 11) is 1.67. The lowest BCUT2D eigenvalue weighted by molar-refractivity contribution is 0.415. The van der Waals surface area contributed by atoms with Gasteiger partial charge in [0.15, 0.2) is 8.68 Å². The second kappa shape index (κ2) is 7.45. The molecule has 22 heavy (non-hydrogen) atoms. The number of rotatable bonds is 6. The van der Waals surface area contributed by atoms with Crippen molar-refractivity contribution in [2.75, 3.05) is 13.4 Å². The van der Waals surface area contributed by atoms with Gasteiger partial charge in [0, 0.05) is 16.7 Å². The predicted octanol–water partition coefficient (Wildman–Crippen LogP) is 4.68. The number of benzene rings is 1. The van der Waals surface area contributed by atoms with E-state index < -0.39 is 0 Å². The first kappa shape index (κ1) is 15.8. The monoisotopic (exact) mass is 367 g/mol. The number of thiazole rings is 1. The van der Waals surface area contributed by atoms with Crippen LogP contribution in [-0.2, 0) is 5.75 Å². The lowest BCUT2D eigenvalue weighted by Gasteiger charge is -2.00. The van der Waals surface area contributed by atoms with Crippen LogP contribution in [0.5, 0.6) is 5.75 Å². The molecule has 2 heterocycles. The van der Waals surface area contributed by atoms with Crippen LogP contribution in [0, 0.1) is 0 Å². The molecule has 0 bridgehead atoms. The van der Waals surface area contributed by atoms with Gasteiger partial charge in [-0.2, -0.15) is 0 Å². The van der Waals surface area contributed by atoms with Crippen LogP contribution in [0.25, 0.3) is 10.6 Å². The van der Waals surface area contributed by atoms with Gasteiger partial charge in [0.1, 0.15) is 10.8 Å². The Balaban J connectivity index is 1.65. The van der Waals surface area contributed by atoms with E-state index in [0.29, 0.717) is 0 Å². The van der Waals surface area contributed by atoms with E-state index in [1.165, 1.54) is 0 Å². The maximum Gasteiger partial charge on any atom is 0.175 e. The van der Waals surface area contributed by atoms with E-state index in [1.807, 2.05) is 30.5 Å². The summed E-state index contributed by atoms with van der Waals surface area (Å²) < 4.78 is 7.16. The molecule has 0 radical (unpaired) electrons. The van der Waals surface area contributed by atoms with Crippen LogP contribution < -0.4 is 4.74 Å². The average molecular weight is 368 g/mol. The van der Waals surface area contributed by atoms with Gasteiger partial charge in [-0.3, -0.25) is 0 Å². The van der Waals surface area contributed by atoms with Gasteiger partial charge in [-0.15, -0.1) is 21.5 Å². The van der Waals surface area contributed by atoms with Crippen molar-refractivity contribution >= 4 is 46.2 Å². The van der Waals surface area contributed by atoms with E-state index in [0.717, 1.165) is 36.4 Å². The molecule has 0 atom stereocenters. The van der Waals surface area contributed by atoms with Gasteiger partial charge in [-0.05, 0) is 30.5 Å². The quantitative estimate of drug-likeness (QED) is 0.589. The molecule has 4 nitrogen and oxygen atoms in total. The van der Waals surface area contributed by atoms with Crippen molar-refractivity contribution in [1.82, 2.24) is 15.2 Å². The van der Waals surface area contributed by atoms with E-state index in [9.17, 15) is 0 Å². The third kappa shape index (κ3) is 3.81. The van der Waals surface area contributed by atoms with Crippen LogP contribution in [-0.4, -0.2) is 28.5 Å². The van der Waals surface area contributed by atoms with Gasteiger partial charge in [0.2, 0.25) is 0 Å². The van der Waals surface area contributed by atoms with Gasteiger partial charge in [-0.1, -0.05) is 34.9 Å². The van der Waals surface area contributed by atoms with Crippen molar-refractivity contribution in [3.63, 3.8) is 0 Å². The Morgan fingerprint density at radius 1 is 1.14 bits per heavy atom. The van der Waals surface area contributed by atoms with Crippen molar-refractivity contribution in [2.24, 2.45) is 0 Å². The minimum atomic E-state index is 0.815. The molecule has 0 N–H and O–H groups in total. The molecule has 0 saturated carbocycles. The molecule has 0 aliphatic rings. The van der Waals surface area contributed by atoms with E-state index in [2.05, 4.69) is 20.6 Å². The summed E-state index contributed by atoms with van der Waals surface area (Å²) in [5.74, 6) is 1.67. The third-order valence-electron chi connectivity index (χ3n) is 2.79. The first-order valence-electron chi connectivity index (χ1n) is 6.37. The van der Waals surface area contributed by atoms with Crippen LogP contribution in [0.2, 0.25) is 0 Å². The van der Waals surface area contributed by atoms with Crippen molar-refractivity contribution in [2.45, 2.75) is 14.4 Å². The zero-order valence-electron chi connectivity index (χ0n) is 12.0. The van der Waals surface area contributed by atoms with Crippen LogP contribution >= 0.6 is 46.2 Å². The number of thioether (sulfide) groups is 2. The molecular formula is C14H13N3OS4. The summed E-state index contributed by atoms with van der Waals surface area (Å²) in [6, 6.07) is 7.97. The fourth-order valence-electron chi connectivity index (χ4n) is 1.71. The minimum Gasteiger partial charge on any atom is -0.497 e. The number of hydrogen-bond acceptors (Lipinski definition) is 8. The zero-order valence-corrected chi connectivity index (χ0v) is 15.2. The molecule has 114 valence electrons. The van der Waals surface area contributed by atoms with Crippen molar-refractivity contribution < 1.29 is 4.74 Å². The summed E-state index contributed by atoms with van der Waals surface area (Å²) in [6.45, 7) is 0. The summed E-state index contributed by atoms with van der Waals surface area (Å²) >= 11 is 6.59. The second-order valence-electron chi connectivity index (χ2n) is 4.20. The van der Waals surface area contributed by atoms with E-state index in [4.69, 9.17) is 4.74 Å². The molecule has 2 aromatic heterocycles. The molecule has 0 aliphatic carbocycles. The number of methoxy groups -OCH3 is 1. The molecule has 8 heteroatoms. The Morgan fingerprint density at radius 3 is 2.59 bits per heavy atom. The van der Waals surface area contributed by atoms with E-state index in [-0.39, 0.29) is 0 Å². The second-order valence-corrected chi connectivity index (χ2v) is 8.31. The lowest BCUT2D eigenvalue weighted by atomic mass is 10.2. The zero-order chi connectivity index (χ0) is 15.4. The molecule has 3 rings (SSSR count). The Morgan fingerprint density at radius 2 is 1.91 bits per heavy atom. The third-order valence-corrected chi connectivity index (χ3v) is 6.80. The Kier molecular flexibility index (Phi) is 5.35. The average Bonchev–Trinajstić information content (AvgIpc) is 3.22. The Labute approximate surface area is 145 Å². The highest BCUT2D eigenvalue weighted by Gasteiger charge is 2.08. The van der Waals surface area contributed by atoms with Crippen LogP contribution in [0.15, 0.2) is 38.3 Å². The minimum absolute atomic E-state index is 0.815. The SMILES string of the molecule is COc1ccc(-c2nc(CSc3nnc(SC)s3)cs2)cc1. The molecule has 0 aliphatic heterocycles. The van der Waals surface area contributed by atoms with Crippen LogP contribution in [0.1, 0.15) is 5.69 Å². The lowest BCUT2D eigenvalue weighted by Crippen LogP contribution is -1.84. The number of nitrogens with zero attached hydrogens (tertiary/aromatic N) is 3. The fraction of sp³-hybridized carbons (Fsp3) is 0.214. The van der Waals surface area contributed by atoms with Gasteiger partial charge >= 0.3 is 0 Å². The van der Waals surface area contributed by atoms with Crippen molar-refractivity contribution in [3.05, 3.63) is 35.3 Å². The standard InChI is InChI=1S/C14H13N3OS4/c1-18-11-5-3-9(4-6-11)12-15-10(7-20-12)8-21-14-17-16-13(19-2)22-14/h3-7H,8H2,1-2H3. The molecule has 0 saturated heterocycles. The normalized spacial score (nSPS) is 10.8. The maximum atomic E-state index is 5.18. The highest BCUT2D eigenvalue weighted by atomic mass is 32.2. The Bertz CT molecular complexity index is 739. The molecular weight excluding hydrogens is 354 g/mol. The fourth-order valence-corrected chi connectivity index (χ4v) is 4.98. The predicted molar refractivity (Wildman–Crippen MR) is 95.4 cm³/mol. The summed E-state index contributed by atoms with van der Waals surface area (Å²) in [4.78, 5) is 4.69. The van der Waals surface area contributed by atoms with Gasteiger partial charge < -0.3 is 4.74 Å². The summed E-state index contributed by atoms with van der Waals surface area (Å²) in [5, 5.41) is 11.4. The first-order chi connectivity index (χ1) is 10.8.